The molecule has 4 amide bonds. The molecule has 8 nitrogen and oxygen atoms in total. The lowest BCUT2D eigenvalue weighted by molar-refractivity contribution is -0.143. The van der Waals surface area contributed by atoms with Crippen molar-refractivity contribution in [2.75, 3.05) is 11.9 Å². The molecule has 242 valence electrons. The number of benzene rings is 2. The summed E-state index contributed by atoms with van der Waals surface area (Å²) >= 11 is -0.0694. The fraction of sp³-hybridized carbons (Fsp3) is 0.208. The van der Waals surface area contributed by atoms with Crippen molar-refractivity contribution in [3.8, 4) is 0 Å². The maximum Gasteiger partial charge on any atom is 0.435 e. The summed E-state index contributed by atoms with van der Waals surface area (Å²) in [4.78, 5) is 39.4. The Morgan fingerprint density at radius 3 is 1.73 bits per heavy atom. The Labute approximate surface area is 246 Å². The van der Waals surface area contributed by atoms with E-state index in [0.717, 1.165) is 19.2 Å². The maximum atomic E-state index is 13.6. The summed E-state index contributed by atoms with van der Waals surface area (Å²) in [5.41, 5.74) is -6.18. The molecule has 3 aromatic rings. The van der Waals surface area contributed by atoms with E-state index in [-0.39, 0.29) is 29.5 Å². The van der Waals surface area contributed by atoms with Gasteiger partial charge in [0.2, 0.25) is 0 Å². The Morgan fingerprint density at radius 1 is 0.756 bits per heavy atom. The van der Waals surface area contributed by atoms with Crippen LogP contribution >= 0.6 is 11.3 Å². The molecular formula is C24H13F12N5O3S. The van der Waals surface area contributed by atoms with E-state index in [2.05, 4.69) is 10.1 Å². The summed E-state index contributed by atoms with van der Waals surface area (Å²) < 4.78 is 157. The molecule has 0 unspecified atom stereocenters. The number of carbonyl (C=O) groups excluding carboxylic acids is 3. The molecule has 45 heavy (non-hydrogen) atoms. The first kappa shape index (κ1) is 34.8. The van der Waals surface area contributed by atoms with E-state index in [4.69, 9.17) is 0 Å². The van der Waals surface area contributed by atoms with Crippen molar-refractivity contribution in [1.29, 1.82) is 0 Å². The van der Waals surface area contributed by atoms with Crippen LogP contribution in [0, 0.1) is 0 Å². The number of amides is 4. The predicted molar refractivity (Wildman–Crippen MR) is 131 cm³/mol. The van der Waals surface area contributed by atoms with Gasteiger partial charge in [0.05, 0.1) is 22.9 Å². The third kappa shape index (κ3) is 8.70. The average molecular weight is 679 g/mol. The normalized spacial score (nSPS) is 12.7. The van der Waals surface area contributed by atoms with Crippen LogP contribution in [0.1, 0.15) is 48.0 Å². The molecular weight excluding hydrogens is 666 g/mol. The van der Waals surface area contributed by atoms with Gasteiger partial charge in [-0.2, -0.15) is 57.8 Å². The minimum Gasteiger partial charge on any atom is -0.273 e. The molecule has 1 aromatic heterocycles. The van der Waals surface area contributed by atoms with Crippen LogP contribution in [0.4, 0.5) is 62.6 Å². The summed E-state index contributed by atoms with van der Waals surface area (Å²) in [6, 6.07) is 1.38. The van der Waals surface area contributed by atoms with Gasteiger partial charge in [0.1, 0.15) is 4.88 Å². The molecule has 0 radical (unpaired) electrons. The highest BCUT2D eigenvalue weighted by atomic mass is 32.1. The number of hydrazone groups is 1. The Balaban J connectivity index is 1.81. The lowest BCUT2D eigenvalue weighted by Gasteiger charge is -2.14. The highest BCUT2D eigenvalue weighted by molar-refractivity contribution is 7.17. The average Bonchev–Trinajstić information content (AvgIpc) is 3.37. The smallest absolute Gasteiger partial charge is 0.273 e. The zero-order valence-corrected chi connectivity index (χ0v) is 22.4. The van der Waals surface area contributed by atoms with Gasteiger partial charge in [0.25, 0.3) is 11.8 Å². The van der Waals surface area contributed by atoms with E-state index in [1.165, 1.54) is 5.43 Å². The minimum absolute atomic E-state index is 0.0694. The molecule has 0 aliphatic carbocycles. The van der Waals surface area contributed by atoms with Crippen LogP contribution in [0.5, 0.6) is 0 Å². The van der Waals surface area contributed by atoms with Gasteiger partial charge in [0.15, 0.2) is 10.8 Å². The lowest BCUT2D eigenvalue weighted by atomic mass is 10.1. The molecule has 0 aliphatic rings. The first-order chi connectivity index (χ1) is 20.5. The second-order valence-corrected chi connectivity index (χ2v) is 9.58. The molecule has 1 heterocycles. The van der Waals surface area contributed by atoms with Crippen LogP contribution in [0.15, 0.2) is 47.6 Å². The van der Waals surface area contributed by atoms with E-state index >= 15 is 0 Å². The van der Waals surface area contributed by atoms with Crippen molar-refractivity contribution < 1.29 is 67.1 Å². The van der Waals surface area contributed by atoms with E-state index in [1.54, 1.807) is 5.32 Å². The van der Waals surface area contributed by atoms with Crippen LogP contribution in [-0.4, -0.2) is 36.1 Å². The lowest BCUT2D eigenvalue weighted by Crippen LogP contribution is -2.40. The van der Waals surface area contributed by atoms with E-state index in [9.17, 15) is 67.1 Å². The molecule has 3 rings (SSSR count). The molecule has 0 bridgehead atoms. The molecule has 0 atom stereocenters. The van der Waals surface area contributed by atoms with Gasteiger partial charge >= 0.3 is 30.7 Å². The van der Waals surface area contributed by atoms with Gasteiger partial charge < -0.3 is 0 Å². The summed E-state index contributed by atoms with van der Waals surface area (Å²) in [6.45, 7) is 0. The van der Waals surface area contributed by atoms with Crippen LogP contribution < -0.4 is 15.6 Å². The number of urea groups is 1. The molecule has 0 saturated carbocycles. The van der Waals surface area contributed by atoms with E-state index in [0.29, 0.717) is 23.2 Å². The highest BCUT2D eigenvalue weighted by Gasteiger charge is 2.41. The summed E-state index contributed by atoms with van der Waals surface area (Å²) in [5, 5.41) is 3.98. The summed E-state index contributed by atoms with van der Waals surface area (Å²) in [5.74, 6) is -2.93. The summed E-state index contributed by atoms with van der Waals surface area (Å²) in [6.07, 6.45) is -20.2. The molecule has 2 aromatic carbocycles. The first-order valence-corrected chi connectivity index (χ1v) is 12.3. The second-order valence-electron chi connectivity index (χ2n) is 8.60. The number of aromatic nitrogens is 1. The molecule has 21 heteroatoms. The largest absolute Gasteiger partial charge is 0.435 e. The molecule has 0 aliphatic heterocycles. The minimum atomic E-state index is -5.33. The number of halogens is 12. The van der Waals surface area contributed by atoms with Crippen LogP contribution in [0.2, 0.25) is 0 Å². The molecule has 2 N–H and O–H groups in total. The third-order valence-corrected chi connectivity index (χ3v) is 6.50. The van der Waals surface area contributed by atoms with Gasteiger partial charge in [-0.3, -0.25) is 19.8 Å². The number of nitrogens with zero attached hydrogens (tertiary/aromatic N) is 3. The fourth-order valence-corrected chi connectivity index (χ4v) is 4.15. The number of hydrogen-bond donors (Lipinski definition) is 2. The zero-order valence-electron chi connectivity index (χ0n) is 21.6. The topological polar surface area (TPSA) is 104 Å². The van der Waals surface area contributed by atoms with Crippen LogP contribution in [-0.2, 0) is 24.7 Å². The van der Waals surface area contributed by atoms with Crippen molar-refractivity contribution in [3.05, 3.63) is 80.9 Å². The Hall–Kier alpha value is -4.69. The molecule has 0 fully saturated rings. The van der Waals surface area contributed by atoms with Crippen molar-refractivity contribution >= 4 is 40.5 Å². The number of anilines is 1. The maximum absolute atomic E-state index is 13.6. The first-order valence-electron chi connectivity index (χ1n) is 11.5. The number of carbonyl (C=O) groups is 3. The number of rotatable bonds is 5. The predicted octanol–water partition coefficient (Wildman–Crippen LogP) is 6.97. The van der Waals surface area contributed by atoms with Gasteiger partial charge in [-0.15, -0.1) is 0 Å². The van der Waals surface area contributed by atoms with Crippen LogP contribution in [0.25, 0.3) is 0 Å². The Morgan fingerprint density at radius 2 is 1.27 bits per heavy atom. The number of nitrogens with one attached hydrogen (secondary N) is 2. The van der Waals surface area contributed by atoms with Gasteiger partial charge in [0, 0.05) is 12.6 Å². The van der Waals surface area contributed by atoms with Crippen molar-refractivity contribution in [2.24, 2.45) is 5.10 Å². The van der Waals surface area contributed by atoms with E-state index in [1.807, 2.05) is 0 Å². The quantitative estimate of drug-likeness (QED) is 0.173. The van der Waals surface area contributed by atoms with Gasteiger partial charge in [-0.1, -0.05) is 11.3 Å². The number of imide groups is 1. The SMILES string of the molecule is CN(C(=O)NC(=O)c1ccc(C(F)(F)F)cc1)c1nc(C(F)(F)F)c(C(=O)N/N=C/c2cc(C(F)(F)F)cc(C(F)(F)F)c2)s1. The molecule has 0 saturated heterocycles. The second kappa shape index (κ2) is 12.4. The standard InChI is InChI=1S/C24H13F12N5O3S/c1-41(19(44)39-17(42)11-2-4-12(5-3-11)21(25,26)27)20-38-16(24(34,35)36)15(45-20)18(43)40-37-9-10-6-13(22(28,29)30)8-14(7-10)23(31,32)33/h2-9H,1H3,(H,40,43)(H,39,42,44)/b37-9+. The van der Waals surface area contributed by atoms with Crippen molar-refractivity contribution in [2.45, 2.75) is 24.7 Å². The summed E-state index contributed by atoms with van der Waals surface area (Å²) in [7, 11) is 0.820. The van der Waals surface area contributed by atoms with Crippen LogP contribution in [0.3, 0.4) is 0 Å². The highest BCUT2D eigenvalue weighted by Crippen LogP contribution is 2.38. The number of hydrogen-bond acceptors (Lipinski definition) is 6. The van der Waals surface area contributed by atoms with E-state index < -0.39 is 86.1 Å². The Bertz CT molecular complexity index is 1590. The third-order valence-electron chi connectivity index (χ3n) is 5.37. The monoisotopic (exact) mass is 679 g/mol. The fourth-order valence-electron chi connectivity index (χ4n) is 3.22. The Kier molecular flexibility index (Phi) is 9.56. The number of thiazole rings is 1. The molecule has 0 spiro atoms. The van der Waals surface area contributed by atoms with Crippen molar-refractivity contribution in [1.82, 2.24) is 15.7 Å². The zero-order chi connectivity index (χ0) is 34.1. The van der Waals surface area contributed by atoms with Gasteiger partial charge in [-0.25, -0.2) is 15.2 Å². The van der Waals surface area contributed by atoms with Crippen molar-refractivity contribution in [3.63, 3.8) is 0 Å². The number of alkyl halides is 12. The van der Waals surface area contributed by atoms with Gasteiger partial charge in [-0.05, 0) is 48.0 Å².